The molecule has 32 heavy (non-hydrogen) atoms. The van der Waals surface area contributed by atoms with Gasteiger partial charge in [-0.2, -0.15) is 0 Å². The summed E-state index contributed by atoms with van der Waals surface area (Å²) in [4.78, 5) is 23.2. The third kappa shape index (κ3) is 4.25. The van der Waals surface area contributed by atoms with Crippen LogP contribution in [-0.2, 0) is 4.74 Å². The summed E-state index contributed by atoms with van der Waals surface area (Å²) in [6, 6.07) is 19.8. The molecular formula is C26H24N2O4. The van der Waals surface area contributed by atoms with E-state index in [0.29, 0.717) is 5.56 Å². The van der Waals surface area contributed by atoms with Crippen molar-refractivity contribution in [2.75, 3.05) is 13.2 Å². The molecule has 0 spiro atoms. The van der Waals surface area contributed by atoms with Gasteiger partial charge in [-0.1, -0.05) is 66.7 Å². The molecule has 0 atom stereocenters. The molecule has 1 amide bonds. The van der Waals surface area contributed by atoms with Crippen molar-refractivity contribution in [3.05, 3.63) is 105 Å². The minimum absolute atomic E-state index is 0.00143. The average Bonchev–Trinajstić information content (AvgIpc) is 3.09. The van der Waals surface area contributed by atoms with Crippen molar-refractivity contribution in [1.82, 2.24) is 5.32 Å². The highest BCUT2D eigenvalue weighted by Crippen LogP contribution is 2.44. The largest absolute Gasteiger partial charge is 0.449 e. The lowest BCUT2D eigenvalue weighted by Gasteiger charge is -2.14. The number of alkyl carbamates (subject to hydrolysis) is 1. The van der Waals surface area contributed by atoms with Crippen LogP contribution in [-0.4, -0.2) is 24.2 Å². The molecule has 0 saturated carbocycles. The summed E-state index contributed by atoms with van der Waals surface area (Å²) in [5, 5.41) is 14.0. The predicted octanol–water partition coefficient (Wildman–Crippen LogP) is 5.76. The minimum atomic E-state index is -0.522. The molecule has 0 unspecified atom stereocenters. The summed E-state index contributed by atoms with van der Waals surface area (Å²) >= 11 is 0. The van der Waals surface area contributed by atoms with Crippen LogP contribution in [0.3, 0.4) is 0 Å². The maximum absolute atomic E-state index is 12.2. The summed E-state index contributed by atoms with van der Waals surface area (Å²) in [5.41, 5.74) is 6.91. The standard InChI is InChI=1S/C26H24N2O4/c1-17-14-18(2)19(25(15-17)28(30)31)12-7-13-27-26(29)32-16-24-22-10-5-3-8-20(22)21-9-4-6-11-23(21)24/h3-12,14-15,24H,13,16H2,1-2H3,(H,27,29). The first-order chi connectivity index (χ1) is 15.5. The number of nitrogens with zero attached hydrogens (tertiary/aromatic N) is 1. The number of nitrogens with one attached hydrogen (secondary N) is 1. The van der Waals surface area contributed by atoms with Gasteiger partial charge in [-0.25, -0.2) is 4.79 Å². The van der Waals surface area contributed by atoms with Crippen LogP contribution < -0.4 is 5.32 Å². The molecule has 4 rings (SSSR count). The highest BCUT2D eigenvalue weighted by molar-refractivity contribution is 5.79. The van der Waals surface area contributed by atoms with Crippen molar-refractivity contribution in [1.29, 1.82) is 0 Å². The second kappa shape index (κ2) is 9.06. The maximum atomic E-state index is 12.2. The van der Waals surface area contributed by atoms with Gasteiger partial charge in [-0.15, -0.1) is 0 Å². The topological polar surface area (TPSA) is 81.5 Å². The lowest BCUT2D eigenvalue weighted by Crippen LogP contribution is -2.26. The molecular weight excluding hydrogens is 404 g/mol. The number of nitro benzene ring substituents is 1. The lowest BCUT2D eigenvalue weighted by atomic mass is 9.98. The number of amides is 1. The van der Waals surface area contributed by atoms with Crippen LogP contribution in [0.15, 0.2) is 66.7 Å². The summed E-state index contributed by atoms with van der Waals surface area (Å²) in [6.07, 6.45) is 2.83. The van der Waals surface area contributed by atoms with Gasteiger partial charge in [0, 0.05) is 18.5 Å². The van der Waals surface area contributed by atoms with Crippen LogP contribution in [0, 0.1) is 24.0 Å². The quantitative estimate of drug-likeness (QED) is 0.400. The number of carbonyl (C=O) groups is 1. The molecule has 3 aromatic rings. The van der Waals surface area contributed by atoms with E-state index >= 15 is 0 Å². The molecule has 6 nitrogen and oxygen atoms in total. The van der Waals surface area contributed by atoms with Crippen molar-refractivity contribution >= 4 is 17.9 Å². The summed E-state index contributed by atoms with van der Waals surface area (Å²) < 4.78 is 5.50. The molecule has 0 radical (unpaired) electrons. The fourth-order valence-electron chi connectivity index (χ4n) is 4.29. The fraction of sp³-hybridized carbons (Fsp3) is 0.192. The summed E-state index contributed by atoms with van der Waals surface area (Å²) in [5.74, 6) is 0.00143. The van der Waals surface area contributed by atoms with Gasteiger partial charge >= 0.3 is 6.09 Å². The lowest BCUT2D eigenvalue weighted by molar-refractivity contribution is -0.385. The van der Waals surface area contributed by atoms with Crippen molar-refractivity contribution in [3.8, 4) is 11.1 Å². The second-order valence-electron chi connectivity index (χ2n) is 7.88. The Hall–Kier alpha value is -3.93. The van der Waals surface area contributed by atoms with Gasteiger partial charge in [0.2, 0.25) is 0 Å². The molecule has 0 saturated heterocycles. The number of fused-ring (bicyclic) bond motifs is 3. The molecule has 0 heterocycles. The zero-order chi connectivity index (χ0) is 22.7. The Morgan fingerprint density at radius 2 is 1.69 bits per heavy atom. The fourth-order valence-corrected chi connectivity index (χ4v) is 4.29. The van der Waals surface area contributed by atoms with Gasteiger partial charge < -0.3 is 10.1 Å². The first kappa shape index (κ1) is 21.3. The first-order valence-corrected chi connectivity index (χ1v) is 10.5. The van der Waals surface area contributed by atoms with E-state index in [9.17, 15) is 14.9 Å². The molecule has 3 aromatic carbocycles. The van der Waals surface area contributed by atoms with Crippen LogP contribution in [0.5, 0.6) is 0 Å². The number of carbonyl (C=O) groups excluding carboxylic acids is 1. The Bertz CT molecular complexity index is 1170. The van der Waals surface area contributed by atoms with Crippen molar-refractivity contribution in [2.45, 2.75) is 19.8 Å². The van der Waals surface area contributed by atoms with E-state index in [-0.39, 0.29) is 24.8 Å². The van der Waals surface area contributed by atoms with Gasteiger partial charge in [-0.3, -0.25) is 10.1 Å². The highest BCUT2D eigenvalue weighted by Gasteiger charge is 2.28. The second-order valence-corrected chi connectivity index (χ2v) is 7.88. The third-order valence-electron chi connectivity index (χ3n) is 5.70. The predicted molar refractivity (Wildman–Crippen MR) is 125 cm³/mol. The number of ether oxygens (including phenoxy) is 1. The SMILES string of the molecule is Cc1cc(C)c(C=CCNC(=O)OCC2c3ccccc3-c3ccccc32)c([N+](=O)[O-])c1. The van der Waals surface area contributed by atoms with Gasteiger partial charge in [0.05, 0.1) is 10.5 Å². The average molecular weight is 428 g/mol. The first-order valence-electron chi connectivity index (χ1n) is 10.5. The van der Waals surface area contributed by atoms with E-state index < -0.39 is 11.0 Å². The number of nitro groups is 1. The van der Waals surface area contributed by atoms with Crippen LogP contribution in [0.25, 0.3) is 17.2 Å². The molecule has 1 N–H and O–H groups in total. The Labute approximate surface area is 186 Å². The smallest absolute Gasteiger partial charge is 0.407 e. The minimum Gasteiger partial charge on any atom is -0.449 e. The molecule has 0 fully saturated rings. The van der Waals surface area contributed by atoms with E-state index in [1.807, 2.05) is 44.2 Å². The summed E-state index contributed by atoms with van der Waals surface area (Å²) in [6.45, 7) is 4.11. The zero-order valence-corrected chi connectivity index (χ0v) is 18.0. The highest BCUT2D eigenvalue weighted by atomic mass is 16.6. The van der Waals surface area contributed by atoms with Crippen LogP contribution in [0.1, 0.15) is 33.7 Å². The number of rotatable bonds is 6. The number of hydrogen-bond donors (Lipinski definition) is 1. The van der Waals surface area contributed by atoms with Crippen LogP contribution in [0.2, 0.25) is 0 Å². The Morgan fingerprint density at radius 3 is 2.31 bits per heavy atom. The number of benzene rings is 3. The van der Waals surface area contributed by atoms with Crippen molar-refractivity contribution < 1.29 is 14.5 Å². The molecule has 1 aliphatic carbocycles. The molecule has 0 aromatic heterocycles. The van der Waals surface area contributed by atoms with Crippen molar-refractivity contribution in [3.63, 3.8) is 0 Å². The third-order valence-corrected chi connectivity index (χ3v) is 5.70. The normalized spacial score (nSPS) is 12.4. The Balaban J connectivity index is 1.37. The maximum Gasteiger partial charge on any atom is 0.407 e. The van der Waals surface area contributed by atoms with Gasteiger partial charge in [0.1, 0.15) is 6.61 Å². The van der Waals surface area contributed by atoms with E-state index in [4.69, 9.17) is 4.74 Å². The van der Waals surface area contributed by atoms with Gasteiger partial charge in [-0.05, 0) is 47.2 Å². The van der Waals surface area contributed by atoms with Crippen LogP contribution in [0.4, 0.5) is 10.5 Å². The molecule has 162 valence electrons. The Kier molecular flexibility index (Phi) is 6.03. The molecule has 0 bridgehead atoms. The number of aryl methyl sites for hydroxylation is 2. The molecule has 6 heteroatoms. The van der Waals surface area contributed by atoms with Gasteiger partial charge in [0.25, 0.3) is 5.69 Å². The zero-order valence-electron chi connectivity index (χ0n) is 18.0. The van der Waals surface area contributed by atoms with Gasteiger partial charge in [0.15, 0.2) is 0 Å². The molecule has 0 aliphatic heterocycles. The van der Waals surface area contributed by atoms with E-state index in [1.54, 1.807) is 18.2 Å². The van der Waals surface area contributed by atoms with E-state index in [1.165, 1.54) is 11.1 Å². The Morgan fingerprint density at radius 1 is 1.06 bits per heavy atom. The van der Waals surface area contributed by atoms with Crippen molar-refractivity contribution in [2.24, 2.45) is 0 Å². The number of hydrogen-bond acceptors (Lipinski definition) is 4. The molecule has 1 aliphatic rings. The summed E-state index contributed by atoms with van der Waals surface area (Å²) in [7, 11) is 0. The van der Waals surface area contributed by atoms with E-state index in [0.717, 1.165) is 22.3 Å². The van der Waals surface area contributed by atoms with Crippen LogP contribution >= 0.6 is 0 Å². The monoisotopic (exact) mass is 428 g/mol. The van der Waals surface area contributed by atoms with E-state index in [2.05, 4.69) is 29.6 Å².